The zero-order valence-electron chi connectivity index (χ0n) is 16.0. The first-order chi connectivity index (χ1) is 13.5. The van der Waals surface area contributed by atoms with Gasteiger partial charge >= 0.3 is 5.97 Å². The maximum atomic E-state index is 12.1. The zero-order chi connectivity index (χ0) is 19.9. The number of amides is 1. The second kappa shape index (κ2) is 9.08. The SMILES string of the molecule is Cc1ccc(OCCNC(=O)COC(=O)C2=Cc3ccccc3OC2)c(C)c1. The summed E-state index contributed by atoms with van der Waals surface area (Å²) in [6.45, 7) is 4.43. The molecule has 0 bridgehead atoms. The Hall–Kier alpha value is -3.28. The fraction of sp³-hybridized carbons (Fsp3) is 0.273. The van der Waals surface area contributed by atoms with Crippen LogP contribution in [0.3, 0.4) is 0 Å². The first kappa shape index (κ1) is 19.5. The van der Waals surface area contributed by atoms with Crippen molar-refractivity contribution in [2.45, 2.75) is 13.8 Å². The summed E-state index contributed by atoms with van der Waals surface area (Å²) in [4.78, 5) is 24.0. The Labute approximate surface area is 164 Å². The summed E-state index contributed by atoms with van der Waals surface area (Å²) in [7, 11) is 0. The molecule has 1 heterocycles. The standard InChI is InChI=1S/C22H23NO5/c1-15-7-8-19(16(2)11-15)26-10-9-23-21(24)14-28-22(25)18-12-17-5-3-4-6-20(17)27-13-18/h3-8,11-12H,9-10,13-14H2,1-2H3,(H,23,24). The Morgan fingerprint density at radius 1 is 1.14 bits per heavy atom. The van der Waals surface area contributed by atoms with Crippen molar-refractivity contribution in [1.29, 1.82) is 0 Å². The molecular formula is C22H23NO5. The van der Waals surface area contributed by atoms with E-state index in [1.165, 1.54) is 5.56 Å². The van der Waals surface area contributed by atoms with Crippen molar-refractivity contribution in [3.05, 3.63) is 64.7 Å². The first-order valence-corrected chi connectivity index (χ1v) is 9.09. The van der Waals surface area contributed by atoms with Crippen LogP contribution in [0.5, 0.6) is 11.5 Å². The normalized spacial score (nSPS) is 12.3. The van der Waals surface area contributed by atoms with Crippen LogP contribution in [0, 0.1) is 13.8 Å². The van der Waals surface area contributed by atoms with Gasteiger partial charge < -0.3 is 19.5 Å². The number of carbonyl (C=O) groups is 2. The van der Waals surface area contributed by atoms with Crippen LogP contribution in [0.15, 0.2) is 48.0 Å². The highest BCUT2D eigenvalue weighted by Crippen LogP contribution is 2.26. The Bertz CT molecular complexity index is 904. The molecule has 1 amide bonds. The molecule has 28 heavy (non-hydrogen) atoms. The van der Waals surface area contributed by atoms with Crippen LogP contribution in [-0.2, 0) is 14.3 Å². The largest absolute Gasteiger partial charge is 0.491 e. The molecule has 0 atom stereocenters. The average molecular weight is 381 g/mol. The van der Waals surface area contributed by atoms with Crippen molar-refractivity contribution in [3.8, 4) is 11.5 Å². The van der Waals surface area contributed by atoms with Crippen molar-refractivity contribution in [2.75, 3.05) is 26.4 Å². The highest BCUT2D eigenvalue weighted by molar-refractivity contribution is 5.96. The van der Waals surface area contributed by atoms with Crippen molar-refractivity contribution < 1.29 is 23.8 Å². The molecule has 0 saturated carbocycles. The van der Waals surface area contributed by atoms with E-state index in [0.29, 0.717) is 18.7 Å². The smallest absolute Gasteiger partial charge is 0.338 e. The lowest BCUT2D eigenvalue weighted by atomic mass is 10.1. The molecule has 0 saturated heterocycles. The van der Waals surface area contributed by atoms with E-state index in [1.54, 1.807) is 6.08 Å². The number of fused-ring (bicyclic) bond motifs is 1. The summed E-state index contributed by atoms with van der Waals surface area (Å²) in [5.41, 5.74) is 3.41. The number of rotatable bonds is 7. The minimum absolute atomic E-state index is 0.126. The zero-order valence-corrected chi connectivity index (χ0v) is 16.0. The maximum Gasteiger partial charge on any atom is 0.338 e. The summed E-state index contributed by atoms with van der Waals surface area (Å²) in [5, 5.41) is 2.67. The minimum Gasteiger partial charge on any atom is -0.491 e. The molecule has 0 spiro atoms. The number of hydrogen-bond acceptors (Lipinski definition) is 5. The van der Waals surface area contributed by atoms with E-state index < -0.39 is 5.97 Å². The first-order valence-electron chi connectivity index (χ1n) is 9.09. The molecule has 2 aromatic carbocycles. The van der Waals surface area contributed by atoms with E-state index in [-0.39, 0.29) is 19.1 Å². The van der Waals surface area contributed by atoms with E-state index in [1.807, 2.05) is 56.3 Å². The summed E-state index contributed by atoms with van der Waals surface area (Å²) in [6, 6.07) is 13.3. The van der Waals surface area contributed by atoms with Crippen molar-refractivity contribution in [2.24, 2.45) is 0 Å². The number of ether oxygens (including phenoxy) is 3. The van der Waals surface area contributed by atoms with Gasteiger partial charge in [0.2, 0.25) is 0 Å². The molecule has 0 radical (unpaired) electrons. The summed E-state index contributed by atoms with van der Waals surface area (Å²) >= 11 is 0. The second-order valence-corrected chi connectivity index (χ2v) is 6.54. The Morgan fingerprint density at radius 2 is 1.96 bits per heavy atom. The van der Waals surface area contributed by atoms with Gasteiger partial charge in [-0.1, -0.05) is 35.9 Å². The van der Waals surface area contributed by atoms with Crippen molar-refractivity contribution >= 4 is 18.0 Å². The number of carbonyl (C=O) groups excluding carboxylic acids is 2. The molecule has 6 heteroatoms. The molecule has 0 unspecified atom stereocenters. The van der Waals surface area contributed by atoms with E-state index in [9.17, 15) is 9.59 Å². The number of benzene rings is 2. The summed E-state index contributed by atoms with van der Waals surface area (Å²) in [5.74, 6) is 0.572. The predicted molar refractivity (Wildman–Crippen MR) is 105 cm³/mol. The molecular weight excluding hydrogens is 358 g/mol. The van der Waals surface area contributed by atoms with Crippen LogP contribution >= 0.6 is 0 Å². The molecule has 0 aromatic heterocycles. The third-order valence-electron chi connectivity index (χ3n) is 4.24. The van der Waals surface area contributed by atoms with Crippen LogP contribution < -0.4 is 14.8 Å². The third-order valence-corrected chi connectivity index (χ3v) is 4.24. The molecule has 2 aromatic rings. The monoisotopic (exact) mass is 381 g/mol. The minimum atomic E-state index is -0.559. The topological polar surface area (TPSA) is 73.9 Å². The van der Waals surface area contributed by atoms with Crippen LogP contribution in [0.4, 0.5) is 0 Å². The van der Waals surface area contributed by atoms with Crippen LogP contribution in [0.25, 0.3) is 6.08 Å². The summed E-state index contributed by atoms with van der Waals surface area (Å²) in [6.07, 6.45) is 1.72. The van der Waals surface area contributed by atoms with E-state index >= 15 is 0 Å². The third kappa shape index (κ3) is 5.13. The molecule has 1 N–H and O–H groups in total. The fourth-order valence-electron chi connectivity index (χ4n) is 2.82. The lowest BCUT2D eigenvalue weighted by Gasteiger charge is -2.16. The Morgan fingerprint density at radius 3 is 2.79 bits per heavy atom. The van der Waals surface area contributed by atoms with Gasteiger partial charge in [0.1, 0.15) is 24.7 Å². The van der Waals surface area contributed by atoms with Crippen molar-refractivity contribution in [3.63, 3.8) is 0 Å². The van der Waals surface area contributed by atoms with Gasteiger partial charge in [-0.3, -0.25) is 4.79 Å². The van der Waals surface area contributed by atoms with E-state index in [4.69, 9.17) is 14.2 Å². The van der Waals surface area contributed by atoms with Gasteiger partial charge in [-0.2, -0.15) is 0 Å². The highest BCUT2D eigenvalue weighted by Gasteiger charge is 2.19. The number of esters is 1. The van der Waals surface area contributed by atoms with Gasteiger partial charge in [-0.05, 0) is 37.6 Å². The molecule has 0 aliphatic carbocycles. The number of nitrogens with one attached hydrogen (secondary N) is 1. The maximum absolute atomic E-state index is 12.1. The fourth-order valence-corrected chi connectivity index (χ4v) is 2.82. The van der Waals surface area contributed by atoms with Crippen LogP contribution in [0.1, 0.15) is 16.7 Å². The van der Waals surface area contributed by atoms with Gasteiger partial charge in [-0.25, -0.2) is 4.79 Å². The second-order valence-electron chi connectivity index (χ2n) is 6.54. The number of para-hydroxylation sites is 1. The van der Waals surface area contributed by atoms with Gasteiger partial charge in [0, 0.05) is 5.56 Å². The Kier molecular flexibility index (Phi) is 6.32. The van der Waals surface area contributed by atoms with Crippen molar-refractivity contribution in [1.82, 2.24) is 5.32 Å². The molecule has 0 fully saturated rings. The molecule has 1 aliphatic rings. The van der Waals surface area contributed by atoms with E-state index in [0.717, 1.165) is 22.6 Å². The number of hydrogen-bond donors (Lipinski definition) is 1. The molecule has 1 aliphatic heterocycles. The van der Waals surface area contributed by atoms with Gasteiger partial charge in [0.05, 0.1) is 12.1 Å². The highest BCUT2D eigenvalue weighted by atomic mass is 16.5. The lowest BCUT2D eigenvalue weighted by Crippen LogP contribution is -2.32. The molecule has 3 rings (SSSR count). The molecule has 6 nitrogen and oxygen atoms in total. The predicted octanol–water partition coefficient (Wildman–Crippen LogP) is 2.82. The van der Waals surface area contributed by atoms with Gasteiger partial charge in [0.15, 0.2) is 6.61 Å². The lowest BCUT2D eigenvalue weighted by molar-refractivity contribution is -0.145. The average Bonchev–Trinajstić information content (AvgIpc) is 2.70. The van der Waals surface area contributed by atoms with Crippen LogP contribution in [-0.4, -0.2) is 38.2 Å². The van der Waals surface area contributed by atoms with Gasteiger partial charge in [-0.15, -0.1) is 0 Å². The summed E-state index contributed by atoms with van der Waals surface area (Å²) < 4.78 is 16.2. The van der Waals surface area contributed by atoms with Crippen LogP contribution in [0.2, 0.25) is 0 Å². The van der Waals surface area contributed by atoms with Gasteiger partial charge in [0.25, 0.3) is 5.91 Å². The molecule has 146 valence electrons. The van der Waals surface area contributed by atoms with E-state index in [2.05, 4.69) is 5.32 Å². The Balaban J connectivity index is 1.38. The quantitative estimate of drug-likeness (QED) is 0.590. The number of aryl methyl sites for hydroxylation is 2.